The van der Waals surface area contributed by atoms with E-state index in [4.69, 9.17) is 5.73 Å². The number of aryl methyl sites for hydroxylation is 1. The summed E-state index contributed by atoms with van der Waals surface area (Å²) in [5.74, 6) is -0.000903. The lowest BCUT2D eigenvalue weighted by atomic mass is 10.3. The Morgan fingerprint density at radius 2 is 2.33 bits per heavy atom. The summed E-state index contributed by atoms with van der Waals surface area (Å²) >= 11 is 1.42. The molecular formula is C9H16N4OS. The zero-order valence-corrected chi connectivity index (χ0v) is 9.64. The van der Waals surface area contributed by atoms with Gasteiger partial charge in [0.15, 0.2) is 0 Å². The Morgan fingerprint density at radius 1 is 1.53 bits per heavy atom. The number of nitrogens with one attached hydrogen (secondary N) is 1. The number of anilines is 1. The molecule has 3 N–H and O–H groups in total. The van der Waals surface area contributed by atoms with Gasteiger partial charge in [0.25, 0.3) is 0 Å². The fourth-order valence-electron chi connectivity index (χ4n) is 1.07. The van der Waals surface area contributed by atoms with Gasteiger partial charge in [-0.2, -0.15) is 0 Å². The molecule has 1 aromatic rings. The van der Waals surface area contributed by atoms with Crippen molar-refractivity contribution < 1.29 is 4.79 Å². The molecule has 0 aliphatic heterocycles. The second-order valence-corrected chi connectivity index (χ2v) is 4.25. The van der Waals surface area contributed by atoms with E-state index in [1.54, 1.807) is 0 Å². The van der Waals surface area contributed by atoms with Crippen LogP contribution in [0.5, 0.6) is 0 Å². The maximum atomic E-state index is 11.2. The van der Waals surface area contributed by atoms with Gasteiger partial charge in [-0.3, -0.25) is 4.79 Å². The third-order valence-electron chi connectivity index (χ3n) is 1.79. The molecule has 1 rings (SSSR count). The largest absolute Gasteiger partial charge is 0.330 e. The Balaban J connectivity index is 2.42. The molecule has 0 saturated carbocycles. The fraction of sp³-hybridized carbons (Fsp3) is 0.667. The van der Waals surface area contributed by atoms with E-state index in [9.17, 15) is 4.79 Å². The van der Waals surface area contributed by atoms with Crippen molar-refractivity contribution in [3.05, 3.63) is 5.01 Å². The zero-order valence-electron chi connectivity index (χ0n) is 8.82. The first-order valence-corrected chi connectivity index (χ1v) is 5.90. The summed E-state index contributed by atoms with van der Waals surface area (Å²) in [6.07, 6.45) is 3.09. The van der Waals surface area contributed by atoms with Gasteiger partial charge < -0.3 is 11.1 Å². The SMILES string of the molecule is CCCC(=O)Nc1nnc(CCCN)s1. The van der Waals surface area contributed by atoms with Crippen LogP contribution in [0.3, 0.4) is 0 Å². The molecule has 0 atom stereocenters. The molecule has 0 radical (unpaired) electrons. The Kier molecular flexibility index (Phi) is 5.20. The molecule has 1 aromatic heterocycles. The normalized spacial score (nSPS) is 10.3. The smallest absolute Gasteiger partial charge is 0.226 e. The van der Waals surface area contributed by atoms with Crippen LogP contribution >= 0.6 is 11.3 Å². The molecule has 1 heterocycles. The van der Waals surface area contributed by atoms with Crippen LogP contribution in [0.25, 0.3) is 0 Å². The topological polar surface area (TPSA) is 80.9 Å². The molecule has 84 valence electrons. The number of amides is 1. The maximum Gasteiger partial charge on any atom is 0.226 e. The molecule has 0 aliphatic carbocycles. The lowest BCUT2D eigenvalue weighted by molar-refractivity contribution is -0.116. The minimum atomic E-state index is -0.000903. The van der Waals surface area contributed by atoms with Crippen molar-refractivity contribution in [1.29, 1.82) is 0 Å². The van der Waals surface area contributed by atoms with Crippen LogP contribution in [0.15, 0.2) is 0 Å². The summed E-state index contributed by atoms with van der Waals surface area (Å²) in [6.45, 7) is 2.61. The van der Waals surface area contributed by atoms with E-state index in [0.717, 1.165) is 24.3 Å². The number of nitrogens with two attached hydrogens (primary N) is 1. The van der Waals surface area contributed by atoms with Gasteiger partial charge in [0.2, 0.25) is 11.0 Å². The highest BCUT2D eigenvalue weighted by atomic mass is 32.1. The molecule has 0 bridgehead atoms. The predicted molar refractivity (Wildman–Crippen MR) is 60.8 cm³/mol. The summed E-state index contributed by atoms with van der Waals surface area (Å²) in [6, 6.07) is 0. The number of hydrogen-bond acceptors (Lipinski definition) is 5. The first-order valence-electron chi connectivity index (χ1n) is 5.08. The van der Waals surface area contributed by atoms with Gasteiger partial charge in [0, 0.05) is 12.8 Å². The molecule has 0 saturated heterocycles. The summed E-state index contributed by atoms with van der Waals surface area (Å²) in [5.41, 5.74) is 5.39. The number of hydrogen-bond donors (Lipinski definition) is 2. The van der Waals surface area contributed by atoms with E-state index in [1.165, 1.54) is 11.3 Å². The quantitative estimate of drug-likeness (QED) is 0.765. The fourth-order valence-corrected chi connectivity index (χ4v) is 1.87. The molecule has 0 spiro atoms. The van der Waals surface area contributed by atoms with E-state index in [0.29, 0.717) is 18.1 Å². The lowest BCUT2D eigenvalue weighted by Gasteiger charge is -1.96. The van der Waals surface area contributed by atoms with E-state index < -0.39 is 0 Å². The molecule has 15 heavy (non-hydrogen) atoms. The summed E-state index contributed by atoms with van der Waals surface area (Å²) in [7, 11) is 0. The van der Waals surface area contributed by atoms with Crippen LogP contribution in [-0.4, -0.2) is 22.6 Å². The minimum absolute atomic E-state index is 0.000903. The van der Waals surface area contributed by atoms with Crippen molar-refractivity contribution in [3.8, 4) is 0 Å². The van der Waals surface area contributed by atoms with E-state index in [1.807, 2.05) is 6.92 Å². The van der Waals surface area contributed by atoms with Crippen molar-refractivity contribution >= 4 is 22.4 Å². The Labute approximate surface area is 93.1 Å². The highest BCUT2D eigenvalue weighted by molar-refractivity contribution is 7.15. The highest BCUT2D eigenvalue weighted by Crippen LogP contribution is 2.16. The molecule has 0 aliphatic rings. The molecule has 0 fully saturated rings. The third-order valence-corrected chi connectivity index (χ3v) is 2.68. The zero-order chi connectivity index (χ0) is 11.1. The summed E-state index contributed by atoms with van der Waals surface area (Å²) in [5, 5.41) is 12.1. The first-order chi connectivity index (χ1) is 7.26. The van der Waals surface area contributed by atoms with Gasteiger partial charge in [-0.25, -0.2) is 0 Å². The minimum Gasteiger partial charge on any atom is -0.330 e. The number of rotatable bonds is 6. The van der Waals surface area contributed by atoms with Gasteiger partial charge >= 0.3 is 0 Å². The molecule has 1 amide bonds. The van der Waals surface area contributed by atoms with E-state index in [-0.39, 0.29) is 5.91 Å². The molecule has 6 heteroatoms. The van der Waals surface area contributed by atoms with E-state index >= 15 is 0 Å². The van der Waals surface area contributed by atoms with Crippen LogP contribution in [0.4, 0.5) is 5.13 Å². The number of carbonyl (C=O) groups excluding carboxylic acids is 1. The Hall–Kier alpha value is -1.01. The lowest BCUT2D eigenvalue weighted by Crippen LogP contribution is -2.10. The summed E-state index contributed by atoms with van der Waals surface area (Å²) < 4.78 is 0. The van der Waals surface area contributed by atoms with Gasteiger partial charge in [0.1, 0.15) is 5.01 Å². The van der Waals surface area contributed by atoms with Crippen LogP contribution in [0.2, 0.25) is 0 Å². The average Bonchev–Trinajstić information content (AvgIpc) is 2.63. The number of aromatic nitrogens is 2. The monoisotopic (exact) mass is 228 g/mol. The second kappa shape index (κ2) is 6.47. The van der Waals surface area contributed by atoms with Crippen molar-refractivity contribution in [1.82, 2.24) is 10.2 Å². The number of carbonyl (C=O) groups is 1. The van der Waals surface area contributed by atoms with Crippen molar-refractivity contribution in [2.75, 3.05) is 11.9 Å². The Morgan fingerprint density at radius 3 is 3.00 bits per heavy atom. The third kappa shape index (κ3) is 4.35. The van der Waals surface area contributed by atoms with Gasteiger partial charge in [-0.05, 0) is 19.4 Å². The van der Waals surface area contributed by atoms with E-state index in [2.05, 4.69) is 15.5 Å². The van der Waals surface area contributed by atoms with Gasteiger partial charge in [0.05, 0.1) is 0 Å². The highest BCUT2D eigenvalue weighted by Gasteiger charge is 2.06. The molecule has 0 unspecified atom stereocenters. The summed E-state index contributed by atoms with van der Waals surface area (Å²) in [4.78, 5) is 11.2. The standard InChI is InChI=1S/C9H16N4OS/c1-2-4-7(14)11-9-13-12-8(15-9)5-3-6-10/h2-6,10H2,1H3,(H,11,13,14). The van der Waals surface area contributed by atoms with Crippen molar-refractivity contribution in [3.63, 3.8) is 0 Å². The van der Waals surface area contributed by atoms with Gasteiger partial charge in [-0.1, -0.05) is 18.3 Å². The van der Waals surface area contributed by atoms with Crippen molar-refractivity contribution in [2.24, 2.45) is 5.73 Å². The molecule has 5 nitrogen and oxygen atoms in total. The van der Waals surface area contributed by atoms with Crippen LogP contribution < -0.4 is 11.1 Å². The number of nitrogens with zero attached hydrogens (tertiary/aromatic N) is 2. The van der Waals surface area contributed by atoms with Gasteiger partial charge in [-0.15, -0.1) is 10.2 Å². The molecular weight excluding hydrogens is 212 g/mol. The van der Waals surface area contributed by atoms with Crippen LogP contribution in [-0.2, 0) is 11.2 Å². The molecule has 0 aromatic carbocycles. The van der Waals surface area contributed by atoms with Crippen LogP contribution in [0.1, 0.15) is 31.2 Å². The predicted octanol–water partition coefficient (Wildman–Crippen LogP) is 1.17. The Bertz CT molecular complexity index is 313. The van der Waals surface area contributed by atoms with Crippen LogP contribution in [0, 0.1) is 0 Å². The van der Waals surface area contributed by atoms with Crippen molar-refractivity contribution in [2.45, 2.75) is 32.6 Å². The second-order valence-electron chi connectivity index (χ2n) is 3.19. The average molecular weight is 228 g/mol. The maximum absolute atomic E-state index is 11.2. The first kappa shape index (κ1) is 12.1.